The minimum Gasteiger partial charge on any atom is -0.393 e. The van der Waals surface area contributed by atoms with Crippen LogP contribution in [0.15, 0.2) is 12.2 Å². The van der Waals surface area contributed by atoms with Crippen LogP contribution in [0, 0.1) is 5.92 Å². The predicted octanol–water partition coefficient (Wildman–Crippen LogP) is 0.902. The molecule has 0 radical (unpaired) electrons. The Morgan fingerprint density at radius 2 is 2.30 bits per heavy atom. The first kappa shape index (κ1) is 7.48. The fourth-order valence-electron chi connectivity index (χ4n) is 1.33. The van der Waals surface area contributed by atoms with Crippen molar-refractivity contribution >= 4 is 5.78 Å². The van der Waals surface area contributed by atoms with Crippen LogP contribution in [-0.2, 0) is 4.79 Å². The molecule has 1 saturated carbocycles. The summed E-state index contributed by atoms with van der Waals surface area (Å²) in [7, 11) is 0. The van der Waals surface area contributed by atoms with E-state index in [2.05, 4.69) is 6.58 Å². The van der Waals surface area contributed by atoms with Crippen LogP contribution in [0.25, 0.3) is 0 Å². The van der Waals surface area contributed by atoms with Crippen molar-refractivity contribution < 1.29 is 9.90 Å². The Hall–Kier alpha value is -0.630. The average molecular weight is 140 g/mol. The van der Waals surface area contributed by atoms with E-state index in [1.54, 1.807) is 0 Å². The largest absolute Gasteiger partial charge is 0.393 e. The molecule has 1 aliphatic carbocycles. The van der Waals surface area contributed by atoms with Crippen molar-refractivity contribution in [3.63, 3.8) is 0 Å². The van der Waals surface area contributed by atoms with E-state index in [0.717, 1.165) is 0 Å². The highest BCUT2D eigenvalue weighted by Gasteiger charge is 2.26. The number of hydrogen-bond donors (Lipinski definition) is 1. The number of carbonyl (C=O) groups is 1. The Kier molecular flexibility index (Phi) is 1.90. The van der Waals surface area contributed by atoms with Crippen LogP contribution in [-0.4, -0.2) is 17.0 Å². The highest BCUT2D eigenvalue weighted by molar-refractivity contribution is 5.97. The summed E-state index contributed by atoms with van der Waals surface area (Å²) in [6.07, 6.45) is 0.710. The first-order valence-electron chi connectivity index (χ1n) is 3.51. The summed E-state index contributed by atoms with van der Waals surface area (Å²) in [5, 5.41) is 9.15. The Morgan fingerprint density at radius 3 is 2.80 bits per heavy atom. The molecule has 1 rings (SSSR count). The van der Waals surface area contributed by atoms with Gasteiger partial charge in [-0.3, -0.25) is 4.79 Å². The van der Waals surface area contributed by atoms with Gasteiger partial charge in [0, 0.05) is 12.3 Å². The number of ketones is 1. The minimum atomic E-state index is -0.347. The van der Waals surface area contributed by atoms with E-state index in [9.17, 15) is 4.79 Å². The molecule has 1 aliphatic rings. The van der Waals surface area contributed by atoms with Gasteiger partial charge in [-0.2, -0.15) is 0 Å². The lowest BCUT2D eigenvalue weighted by Gasteiger charge is -2.22. The molecule has 0 saturated heterocycles. The summed E-state index contributed by atoms with van der Waals surface area (Å²) in [5.41, 5.74) is 0.575. The Labute approximate surface area is 60.6 Å². The smallest absolute Gasteiger partial charge is 0.161 e. The Morgan fingerprint density at radius 1 is 1.70 bits per heavy atom. The SMILES string of the molecule is C=C1CC(O)CC(C)C1=O. The molecule has 1 N–H and O–H groups in total. The normalized spacial score (nSPS) is 34.6. The van der Waals surface area contributed by atoms with Crippen LogP contribution in [0.2, 0.25) is 0 Å². The molecule has 0 aromatic heterocycles. The molecule has 1 fully saturated rings. The van der Waals surface area contributed by atoms with Gasteiger partial charge in [0.2, 0.25) is 0 Å². The van der Waals surface area contributed by atoms with Crippen LogP contribution in [0.3, 0.4) is 0 Å². The van der Waals surface area contributed by atoms with Crippen molar-refractivity contribution in [2.75, 3.05) is 0 Å². The summed E-state index contributed by atoms with van der Waals surface area (Å²) in [4.78, 5) is 11.1. The fraction of sp³-hybridized carbons (Fsp3) is 0.625. The van der Waals surface area contributed by atoms with Gasteiger partial charge >= 0.3 is 0 Å². The van der Waals surface area contributed by atoms with Crippen molar-refractivity contribution in [2.24, 2.45) is 5.92 Å². The third-order valence-corrected chi connectivity index (χ3v) is 1.90. The molecule has 0 spiro atoms. The number of Topliss-reactive ketones (excluding diaryl/α,β-unsaturated/α-hetero) is 1. The van der Waals surface area contributed by atoms with Gasteiger partial charge in [-0.15, -0.1) is 0 Å². The fourth-order valence-corrected chi connectivity index (χ4v) is 1.33. The van der Waals surface area contributed by atoms with Crippen LogP contribution < -0.4 is 0 Å². The number of hydrogen-bond acceptors (Lipinski definition) is 2. The standard InChI is InChI=1S/C8H12O2/c1-5-3-7(9)4-6(2)8(5)10/h6-7,9H,1,3-4H2,2H3. The van der Waals surface area contributed by atoms with Crippen LogP contribution in [0.4, 0.5) is 0 Å². The Bertz CT molecular complexity index is 172. The van der Waals surface area contributed by atoms with Crippen molar-refractivity contribution in [3.8, 4) is 0 Å². The zero-order chi connectivity index (χ0) is 7.72. The molecular formula is C8H12O2. The molecule has 56 valence electrons. The van der Waals surface area contributed by atoms with Gasteiger partial charge in [0.05, 0.1) is 6.10 Å². The summed E-state index contributed by atoms with van der Waals surface area (Å²) in [6, 6.07) is 0. The summed E-state index contributed by atoms with van der Waals surface area (Å²) >= 11 is 0. The van der Waals surface area contributed by atoms with E-state index in [4.69, 9.17) is 5.11 Å². The molecule has 0 heterocycles. The molecule has 0 bridgehead atoms. The maximum absolute atomic E-state index is 11.1. The lowest BCUT2D eigenvalue weighted by atomic mass is 9.84. The van der Waals surface area contributed by atoms with Gasteiger partial charge in [-0.05, 0) is 12.0 Å². The van der Waals surface area contributed by atoms with Gasteiger partial charge in [0.25, 0.3) is 0 Å². The zero-order valence-corrected chi connectivity index (χ0v) is 6.13. The lowest BCUT2D eigenvalue weighted by Crippen LogP contribution is -2.27. The van der Waals surface area contributed by atoms with E-state index in [0.29, 0.717) is 18.4 Å². The highest BCUT2D eigenvalue weighted by Crippen LogP contribution is 2.23. The van der Waals surface area contributed by atoms with Crippen LogP contribution in [0.1, 0.15) is 19.8 Å². The number of rotatable bonds is 0. The second-order valence-corrected chi connectivity index (χ2v) is 2.96. The molecule has 10 heavy (non-hydrogen) atoms. The van der Waals surface area contributed by atoms with Crippen molar-refractivity contribution in [3.05, 3.63) is 12.2 Å². The van der Waals surface area contributed by atoms with E-state index >= 15 is 0 Å². The van der Waals surface area contributed by atoms with Crippen LogP contribution in [0.5, 0.6) is 0 Å². The second-order valence-electron chi connectivity index (χ2n) is 2.96. The first-order valence-corrected chi connectivity index (χ1v) is 3.51. The van der Waals surface area contributed by atoms with Crippen molar-refractivity contribution in [1.29, 1.82) is 0 Å². The van der Waals surface area contributed by atoms with E-state index in [-0.39, 0.29) is 17.8 Å². The predicted molar refractivity (Wildman–Crippen MR) is 38.6 cm³/mol. The summed E-state index contributed by atoms with van der Waals surface area (Å²) in [6.45, 7) is 5.42. The maximum atomic E-state index is 11.1. The monoisotopic (exact) mass is 140 g/mol. The van der Waals surface area contributed by atoms with Gasteiger partial charge in [-0.25, -0.2) is 0 Å². The zero-order valence-electron chi connectivity index (χ0n) is 6.13. The third kappa shape index (κ3) is 1.27. The third-order valence-electron chi connectivity index (χ3n) is 1.90. The number of aliphatic hydroxyl groups excluding tert-OH is 1. The molecule has 2 atom stereocenters. The number of carbonyl (C=O) groups excluding carboxylic acids is 1. The van der Waals surface area contributed by atoms with E-state index in [1.165, 1.54) is 0 Å². The van der Waals surface area contributed by atoms with Gasteiger partial charge in [0.1, 0.15) is 0 Å². The maximum Gasteiger partial charge on any atom is 0.161 e. The number of aliphatic hydroxyl groups is 1. The molecule has 0 amide bonds. The lowest BCUT2D eigenvalue weighted by molar-refractivity contribution is -0.121. The second kappa shape index (κ2) is 2.54. The van der Waals surface area contributed by atoms with Gasteiger partial charge in [0.15, 0.2) is 5.78 Å². The molecule has 2 heteroatoms. The quantitative estimate of drug-likeness (QED) is 0.508. The summed E-state index contributed by atoms with van der Waals surface area (Å²) < 4.78 is 0. The average Bonchev–Trinajstić information content (AvgIpc) is 1.82. The molecule has 2 nitrogen and oxygen atoms in total. The van der Waals surface area contributed by atoms with Crippen molar-refractivity contribution in [2.45, 2.75) is 25.9 Å². The molecule has 0 aliphatic heterocycles. The van der Waals surface area contributed by atoms with E-state index < -0.39 is 0 Å². The molecule has 0 aromatic rings. The van der Waals surface area contributed by atoms with Gasteiger partial charge in [-0.1, -0.05) is 13.5 Å². The summed E-state index contributed by atoms with van der Waals surface area (Å²) in [5.74, 6) is 0.0848. The van der Waals surface area contributed by atoms with Gasteiger partial charge < -0.3 is 5.11 Å². The minimum absolute atomic E-state index is 0.0313. The first-order chi connectivity index (χ1) is 4.61. The molecular weight excluding hydrogens is 128 g/mol. The van der Waals surface area contributed by atoms with E-state index in [1.807, 2.05) is 6.92 Å². The molecule has 2 unspecified atom stereocenters. The highest BCUT2D eigenvalue weighted by atomic mass is 16.3. The topological polar surface area (TPSA) is 37.3 Å². The van der Waals surface area contributed by atoms with Crippen LogP contribution >= 0.6 is 0 Å². The van der Waals surface area contributed by atoms with Crippen molar-refractivity contribution in [1.82, 2.24) is 0 Å². The Balaban J connectivity index is 2.66. The molecule has 0 aromatic carbocycles.